The van der Waals surface area contributed by atoms with Gasteiger partial charge in [-0.15, -0.1) is 0 Å². The number of para-hydroxylation sites is 1. The molecule has 0 spiro atoms. The third-order valence-electron chi connectivity index (χ3n) is 5.65. The Balaban J connectivity index is 1.89. The van der Waals surface area contributed by atoms with Crippen LogP contribution in [-0.2, 0) is 9.53 Å². The molecular formula is C24H25NO2. The fourth-order valence-corrected chi connectivity index (χ4v) is 4.29. The molecule has 0 saturated carbocycles. The molecule has 1 aliphatic carbocycles. The Morgan fingerprint density at radius 3 is 2.52 bits per heavy atom. The summed E-state index contributed by atoms with van der Waals surface area (Å²) in [5.41, 5.74) is 4.75. The van der Waals surface area contributed by atoms with Crippen molar-refractivity contribution >= 4 is 11.7 Å². The van der Waals surface area contributed by atoms with Gasteiger partial charge >= 0.3 is 5.97 Å². The van der Waals surface area contributed by atoms with Gasteiger partial charge in [-0.2, -0.15) is 0 Å². The quantitative estimate of drug-likeness (QED) is 0.557. The van der Waals surface area contributed by atoms with E-state index in [1.165, 1.54) is 18.2 Å². The number of anilines is 1. The van der Waals surface area contributed by atoms with E-state index in [-0.39, 0.29) is 23.8 Å². The summed E-state index contributed by atoms with van der Waals surface area (Å²) in [6.45, 7) is 2.08. The molecule has 0 fully saturated rings. The van der Waals surface area contributed by atoms with Gasteiger partial charge in [-0.3, -0.25) is 4.79 Å². The van der Waals surface area contributed by atoms with Gasteiger partial charge in [-0.1, -0.05) is 60.2 Å². The van der Waals surface area contributed by atoms with E-state index in [2.05, 4.69) is 66.6 Å². The number of esters is 1. The lowest BCUT2D eigenvalue weighted by Crippen LogP contribution is -2.43. The maximum atomic E-state index is 12.9. The Labute approximate surface area is 161 Å². The third-order valence-corrected chi connectivity index (χ3v) is 5.65. The Hall–Kier alpha value is -2.81. The van der Waals surface area contributed by atoms with Crippen molar-refractivity contribution in [1.82, 2.24) is 0 Å². The predicted octanol–water partition coefficient (Wildman–Crippen LogP) is 5.20. The van der Waals surface area contributed by atoms with Crippen LogP contribution in [0.5, 0.6) is 0 Å². The van der Waals surface area contributed by atoms with Crippen molar-refractivity contribution < 1.29 is 9.53 Å². The van der Waals surface area contributed by atoms with Gasteiger partial charge in [0.25, 0.3) is 0 Å². The fraction of sp³-hybridized carbons (Fsp3) is 0.292. The summed E-state index contributed by atoms with van der Waals surface area (Å²) in [5, 5.41) is 0. The van der Waals surface area contributed by atoms with Gasteiger partial charge in [-0.25, -0.2) is 0 Å². The zero-order chi connectivity index (χ0) is 18.8. The largest absolute Gasteiger partial charge is 0.469 e. The number of rotatable bonds is 3. The first-order valence-electron chi connectivity index (χ1n) is 9.54. The van der Waals surface area contributed by atoms with Crippen molar-refractivity contribution in [2.75, 3.05) is 12.0 Å². The number of ether oxygens (including phenoxy) is 1. The van der Waals surface area contributed by atoms with Gasteiger partial charge in [0.2, 0.25) is 0 Å². The van der Waals surface area contributed by atoms with Crippen molar-refractivity contribution in [3.8, 4) is 0 Å². The molecule has 2 aromatic carbocycles. The second-order valence-corrected chi connectivity index (χ2v) is 7.34. The molecule has 0 unspecified atom stereocenters. The molecule has 27 heavy (non-hydrogen) atoms. The number of nitrogens with zero attached hydrogens (tertiary/aromatic N) is 1. The molecule has 3 heteroatoms. The molecule has 2 aromatic rings. The van der Waals surface area contributed by atoms with Gasteiger partial charge in [0.1, 0.15) is 0 Å². The molecule has 0 radical (unpaired) electrons. The first kappa shape index (κ1) is 17.6. The summed E-state index contributed by atoms with van der Waals surface area (Å²) in [7, 11) is 1.49. The van der Waals surface area contributed by atoms with E-state index in [4.69, 9.17) is 4.74 Å². The van der Waals surface area contributed by atoms with Crippen molar-refractivity contribution in [1.29, 1.82) is 0 Å². The first-order valence-corrected chi connectivity index (χ1v) is 9.54. The number of hydrogen-bond donors (Lipinski definition) is 0. The van der Waals surface area contributed by atoms with Gasteiger partial charge in [0.05, 0.1) is 19.1 Å². The molecule has 138 valence electrons. The lowest BCUT2D eigenvalue weighted by Gasteiger charge is -2.44. The third kappa shape index (κ3) is 3.30. The number of carbonyl (C=O) groups excluding carboxylic acids is 1. The van der Waals surface area contributed by atoms with Crippen molar-refractivity contribution in [3.05, 3.63) is 89.6 Å². The minimum atomic E-state index is -0.269. The number of hydrogen-bond acceptors (Lipinski definition) is 3. The highest BCUT2D eigenvalue weighted by molar-refractivity contribution is 5.77. The Bertz CT molecular complexity index is 867. The van der Waals surface area contributed by atoms with Crippen molar-refractivity contribution in [2.45, 2.75) is 25.8 Å². The molecule has 3 atom stereocenters. The zero-order valence-electron chi connectivity index (χ0n) is 15.8. The summed E-state index contributed by atoms with van der Waals surface area (Å²) in [4.78, 5) is 15.2. The fourth-order valence-electron chi connectivity index (χ4n) is 4.29. The smallest absolute Gasteiger partial charge is 0.312 e. The molecule has 2 aliphatic rings. The number of fused-ring (bicyclic) bond motifs is 1. The SMILES string of the molecule is COC(=O)[C@H]1[C@H]2C=CCCC2=CN(c2ccccc2)[C@H]1c1ccc(C)cc1. The maximum absolute atomic E-state index is 12.9. The van der Waals surface area contributed by atoms with Crippen LogP contribution in [0.15, 0.2) is 78.5 Å². The monoisotopic (exact) mass is 359 g/mol. The number of allylic oxidation sites excluding steroid dienone is 3. The molecule has 0 bridgehead atoms. The van der Waals surface area contributed by atoms with E-state index in [0.29, 0.717) is 0 Å². The highest BCUT2D eigenvalue weighted by Crippen LogP contribution is 2.47. The van der Waals surface area contributed by atoms with E-state index in [1.54, 1.807) is 0 Å². The van der Waals surface area contributed by atoms with E-state index in [0.717, 1.165) is 24.1 Å². The number of carbonyl (C=O) groups is 1. The Morgan fingerprint density at radius 1 is 1.07 bits per heavy atom. The van der Waals surface area contributed by atoms with Crippen LogP contribution < -0.4 is 4.90 Å². The molecule has 0 amide bonds. The van der Waals surface area contributed by atoms with Gasteiger partial charge in [-0.05, 0) is 43.0 Å². The molecule has 0 N–H and O–H groups in total. The lowest BCUT2D eigenvalue weighted by molar-refractivity contribution is -0.147. The molecule has 4 rings (SSSR count). The van der Waals surface area contributed by atoms with Gasteiger partial charge in [0, 0.05) is 17.8 Å². The van der Waals surface area contributed by atoms with E-state index in [9.17, 15) is 4.79 Å². The highest BCUT2D eigenvalue weighted by Gasteiger charge is 2.44. The summed E-state index contributed by atoms with van der Waals surface area (Å²) in [6.07, 6.45) is 8.66. The molecule has 0 saturated heterocycles. The van der Waals surface area contributed by atoms with Crippen molar-refractivity contribution in [2.24, 2.45) is 11.8 Å². The second kappa shape index (κ2) is 7.43. The average molecular weight is 359 g/mol. The molecule has 1 aliphatic heterocycles. The highest BCUT2D eigenvalue weighted by atomic mass is 16.5. The predicted molar refractivity (Wildman–Crippen MR) is 108 cm³/mol. The first-order chi connectivity index (χ1) is 13.2. The van der Waals surface area contributed by atoms with E-state index in [1.807, 2.05) is 18.2 Å². The van der Waals surface area contributed by atoms with E-state index >= 15 is 0 Å². The molecular weight excluding hydrogens is 334 g/mol. The van der Waals surface area contributed by atoms with Crippen LogP contribution in [0.4, 0.5) is 5.69 Å². The van der Waals surface area contributed by atoms with Crippen LogP contribution in [0.1, 0.15) is 30.0 Å². The van der Waals surface area contributed by atoms with Crippen LogP contribution in [0.25, 0.3) is 0 Å². The number of benzene rings is 2. The van der Waals surface area contributed by atoms with Crippen LogP contribution >= 0.6 is 0 Å². The summed E-state index contributed by atoms with van der Waals surface area (Å²) in [5.74, 6) is -0.324. The lowest BCUT2D eigenvalue weighted by atomic mass is 9.72. The normalized spacial score (nSPS) is 24.1. The number of methoxy groups -OCH3 is 1. The van der Waals surface area contributed by atoms with Crippen molar-refractivity contribution in [3.63, 3.8) is 0 Å². The molecule has 1 heterocycles. The Kier molecular flexibility index (Phi) is 4.85. The maximum Gasteiger partial charge on any atom is 0.312 e. The summed E-state index contributed by atoms with van der Waals surface area (Å²) in [6, 6.07) is 18.7. The van der Waals surface area contributed by atoms with Crippen LogP contribution in [0, 0.1) is 18.8 Å². The zero-order valence-corrected chi connectivity index (χ0v) is 15.8. The average Bonchev–Trinajstić information content (AvgIpc) is 2.73. The van der Waals surface area contributed by atoms with Crippen LogP contribution in [-0.4, -0.2) is 13.1 Å². The van der Waals surface area contributed by atoms with E-state index < -0.39 is 0 Å². The summed E-state index contributed by atoms with van der Waals surface area (Å²) < 4.78 is 5.27. The molecule has 3 nitrogen and oxygen atoms in total. The minimum absolute atomic E-state index is 0.0949. The minimum Gasteiger partial charge on any atom is -0.469 e. The van der Waals surface area contributed by atoms with Gasteiger partial charge < -0.3 is 9.64 Å². The summed E-state index contributed by atoms with van der Waals surface area (Å²) >= 11 is 0. The van der Waals surface area contributed by atoms with Crippen LogP contribution in [0.3, 0.4) is 0 Å². The van der Waals surface area contributed by atoms with Crippen LogP contribution in [0.2, 0.25) is 0 Å². The number of aryl methyl sites for hydroxylation is 1. The second-order valence-electron chi connectivity index (χ2n) is 7.34. The Morgan fingerprint density at radius 2 is 1.81 bits per heavy atom. The standard InChI is InChI=1S/C24H25NO2/c1-17-12-14-18(15-13-17)23-22(24(26)27-2)21-11-7-6-8-19(21)16-25(23)20-9-4-3-5-10-20/h3-5,7,9-16,21-23H,6,8H2,1-2H3/t21-,22-,23-/m0/s1. The molecule has 0 aromatic heterocycles. The topological polar surface area (TPSA) is 29.5 Å². The van der Waals surface area contributed by atoms with Gasteiger partial charge in [0.15, 0.2) is 0 Å².